The first-order valence-electron chi connectivity index (χ1n) is 5.96. The maximum absolute atomic E-state index is 11.6. The first-order chi connectivity index (χ1) is 7.54. The number of hydrogen-bond acceptors (Lipinski definition) is 1. The first-order valence-corrected chi connectivity index (χ1v) is 5.96. The summed E-state index contributed by atoms with van der Waals surface area (Å²) in [5.74, 6) is 0.141. The van der Waals surface area contributed by atoms with Crippen LogP contribution in [0.5, 0.6) is 0 Å². The van der Waals surface area contributed by atoms with Crippen molar-refractivity contribution in [3.63, 3.8) is 0 Å². The van der Waals surface area contributed by atoms with Gasteiger partial charge in [-0.25, -0.2) is 0 Å². The zero-order chi connectivity index (χ0) is 12.1. The van der Waals surface area contributed by atoms with E-state index in [1.165, 1.54) is 11.4 Å². The lowest BCUT2D eigenvalue weighted by atomic mass is 10.2. The molecule has 90 valence electrons. The maximum atomic E-state index is 11.6. The summed E-state index contributed by atoms with van der Waals surface area (Å²) in [6.07, 6.45) is 1.54. The predicted octanol–water partition coefficient (Wildman–Crippen LogP) is 2.41. The molecule has 1 rings (SSSR count). The van der Waals surface area contributed by atoms with Crippen LogP contribution < -0.4 is 5.32 Å². The lowest BCUT2D eigenvalue weighted by molar-refractivity contribution is -0.121. The number of carbonyl (C=O) groups excluding carboxylic acids is 1. The van der Waals surface area contributed by atoms with Gasteiger partial charge in [-0.15, -0.1) is 0 Å². The van der Waals surface area contributed by atoms with E-state index in [2.05, 4.69) is 42.8 Å². The van der Waals surface area contributed by atoms with E-state index >= 15 is 0 Å². The molecular formula is C13H22N2O. The summed E-state index contributed by atoms with van der Waals surface area (Å²) in [7, 11) is 0. The summed E-state index contributed by atoms with van der Waals surface area (Å²) >= 11 is 0. The van der Waals surface area contributed by atoms with Gasteiger partial charge in [0.15, 0.2) is 0 Å². The summed E-state index contributed by atoms with van der Waals surface area (Å²) in [5, 5.41) is 2.98. The Labute approximate surface area is 97.8 Å². The summed E-state index contributed by atoms with van der Waals surface area (Å²) in [6.45, 7) is 9.02. The van der Waals surface area contributed by atoms with Crippen molar-refractivity contribution in [3.05, 3.63) is 23.5 Å². The number of aryl methyl sites for hydroxylation is 2. The highest BCUT2D eigenvalue weighted by Crippen LogP contribution is 2.07. The summed E-state index contributed by atoms with van der Waals surface area (Å²) in [5.41, 5.74) is 2.43. The molecule has 0 bridgehead atoms. The SMILES string of the molecule is CCC(C)NC(=O)CCn1c(C)ccc1C. The van der Waals surface area contributed by atoms with Crippen LogP contribution in [0.3, 0.4) is 0 Å². The quantitative estimate of drug-likeness (QED) is 0.815. The molecule has 0 aliphatic heterocycles. The molecular weight excluding hydrogens is 200 g/mol. The molecule has 0 spiro atoms. The summed E-state index contributed by atoms with van der Waals surface area (Å²) in [4.78, 5) is 11.6. The molecule has 0 radical (unpaired) electrons. The van der Waals surface area contributed by atoms with Crippen molar-refractivity contribution < 1.29 is 4.79 Å². The van der Waals surface area contributed by atoms with Crippen LogP contribution in [0, 0.1) is 13.8 Å². The van der Waals surface area contributed by atoms with Gasteiger partial charge in [0.05, 0.1) is 0 Å². The van der Waals surface area contributed by atoms with Crippen LogP contribution >= 0.6 is 0 Å². The molecule has 1 unspecified atom stereocenters. The minimum Gasteiger partial charge on any atom is -0.354 e. The van der Waals surface area contributed by atoms with Crippen molar-refractivity contribution >= 4 is 5.91 Å². The number of hydrogen-bond donors (Lipinski definition) is 1. The molecule has 1 N–H and O–H groups in total. The number of nitrogens with one attached hydrogen (secondary N) is 1. The van der Waals surface area contributed by atoms with Crippen molar-refractivity contribution in [3.8, 4) is 0 Å². The number of nitrogens with zero attached hydrogens (tertiary/aromatic N) is 1. The van der Waals surface area contributed by atoms with Gasteiger partial charge in [0.1, 0.15) is 0 Å². The van der Waals surface area contributed by atoms with Crippen LogP contribution in [0.1, 0.15) is 38.1 Å². The largest absolute Gasteiger partial charge is 0.354 e. The van der Waals surface area contributed by atoms with Gasteiger partial charge >= 0.3 is 0 Å². The third kappa shape index (κ3) is 3.40. The Hall–Kier alpha value is -1.25. The third-order valence-electron chi connectivity index (χ3n) is 3.00. The van der Waals surface area contributed by atoms with Crippen molar-refractivity contribution in [2.75, 3.05) is 0 Å². The highest BCUT2D eigenvalue weighted by atomic mass is 16.1. The smallest absolute Gasteiger partial charge is 0.221 e. The fourth-order valence-corrected chi connectivity index (χ4v) is 1.71. The highest BCUT2D eigenvalue weighted by Gasteiger charge is 2.07. The van der Waals surface area contributed by atoms with E-state index in [4.69, 9.17) is 0 Å². The molecule has 0 aromatic carbocycles. The Balaban J connectivity index is 2.43. The number of carbonyl (C=O) groups is 1. The van der Waals surface area contributed by atoms with Crippen molar-refractivity contribution in [1.82, 2.24) is 9.88 Å². The fraction of sp³-hybridized carbons (Fsp3) is 0.615. The molecule has 1 heterocycles. The van der Waals surface area contributed by atoms with Crippen molar-refractivity contribution in [2.24, 2.45) is 0 Å². The molecule has 1 aromatic rings. The second-order valence-electron chi connectivity index (χ2n) is 4.39. The molecule has 16 heavy (non-hydrogen) atoms. The van der Waals surface area contributed by atoms with Crippen LogP contribution in [0.25, 0.3) is 0 Å². The number of amides is 1. The Morgan fingerprint density at radius 2 is 1.94 bits per heavy atom. The number of aromatic nitrogens is 1. The Morgan fingerprint density at radius 3 is 2.44 bits per heavy atom. The highest BCUT2D eigenvalue weighted by molar-refractivity contribution is 5.76. The average Bonchev–Trinajstić information content (AvgIpc) is 2.56. The molecule has 3 nitrogen and oxygen atoms in total. The Kier molecular flexibility index (Phi) is 4.59. The van der Waals surface area contributed by atoms with Gasteiger partial charge in [0.25, 0.3) is 0 Å². The standard InChI is InChI=1S/C13H22N2O/c1-5-10(2)14-13(16)8-9-15-11(3)6-7-12(15)4/h6-7,10H,5,8-9H2,1-4H3,(H,14,16). The minimum absolute atomic E-state index is 0.141. The lowest BCUT2D eigenvalue weighted by Crippen LogP contribution is -2.32. The van der Waals surface area contributed by atoms with E-state index in [1.54, 1.807) is 0 Å². The van der Waals surface area contributed by atoms with E-state index < -0.39 is 0 Å². The monoisotopic (exact) mass is 222 g/mol. The van der Waals surface area contributed by atoms with Crippen LogP contribution in [0.2, 0.25) is 0 Å². The van der Waals surface area contributed by atoms with Gasteiger partial charge in [-0.3, -0.25) is 4.79 Å². The van der Waals surface area contributed by atoms with E-state index in [0.717, 1.165) is 13.0 Å². The minimum atomic E-state index is 0.141. The van der Waals surface area contributed by atoms with Gasteiger partial charge in [-0.1, -0.05) is 6.92 Å². The topological polar surface area (TPSA) is 34.0 Å². The van der Waals surface area contributed by atoms with E-state index in [-0.39, 0.29) is 11.9 Å². The first kappa shape index (κ1) is 12.8. The zero-order valence-corrected chi connectivity index (χ0v) is 10.7. The summed E-state index contributed by atoms with van der Waals surface area (Å²) in [6, 6.07) is 4.45. The van der Waals surface area contributed by atoms with Gasteiger partial charge in [0, 0.05) is 30.4 Å². The van der Waals surface area contributed by atoms with Crippen LogP contribution in [0.15, 0.2) is 12.1 Å². The molecule has 1 amide bonds. The normalized spacial score (nSPS) is 12.5. The zero-order valence-electron chi connectivity index (χ0n) is 10.7. The predicted molar refractivity (Wildman–Crippen MR) is 66.4 cm³/mol. The van der Waals surface area contributed by atoms with Gasteiger partial charge in [0.2, 0.25) is 5.91 Å². The molecule has 0 saturated heterocycles. The average molecular weight is 222 g/mol. The summed E-state index contributed by atoms with van der Waals surface area (Å²) < 4.78 is 2.18. The molecule has 1 atom stereocenters. The number of rotatable bonds is 5. The van der Waals surface area contributed by atoms with E-state index in [0.29, 0.717) is 6.42 Å². The van der Waals surface area contributed by atoms with Gasteiger partial charge in [-0.05, 0) is 39.3 Å². The van der Waals surface area contributed by atoms with Crippen LogP contribution in [-0.4, -0.2) is 16.5 Å². The van der Waals surface area contributed by atoms with Crippen molar-refractivity contribution in [2.45, 2.75) is 53.1 Å². The van der Waals surface area contributed by atoms with Gasteiger partial charge < -0.3 is 9.88 Å². The second kappa shape index (κ2) is 5.73. The molecule has 1 aromatic heterocycles. The van der Waals surface area contributed by atoms with Crippen molar-refractivity contribution in [1.29, 1.82) is 0 Å². The Bertz CT molecular complexity index is 335. The molecule has 0 fully saturated rings. The fourth-order valence-electron chi connectivity index (χ4n) is 1.71. The van der Waals surface area contributed by atoms with E-state index in [9.17, 15) is 4.79 Å². The Morgan fingerprint density at radius 1 is 1.38 bits per heavy atom. The molecule has 3 heteroatoms. The lowest BCUT2D eigenvalue weighted by Gasteiger charge is -2.13. The van der Waals surface area contributed by atoms with Crippen LogP contribution in [0.4, 0.5) is 0 Å². The van der Waals surface area contributed by atoms with Gasteiger partial charge in [-0.2, -0.15) is 0 Å². The molecule has 0 aliphatic carbocycles. The van der Waals surface area contributed by atoms with Crippen LogP contribution in [-0.2, 0) is 11.3 Å². The second-order valence-corrected chi connectivity index (χ2v) is 4.39. The molecule has 0 saturated carbocycles. The third-order valence-corrected chi connectivity index (χ3v) is 3.00. The maximum Gasteiger partial charge on any atom is 0.221 e. The molecule has 0 aliphatic rings. The van der Waals surface area contributed by atoms with E-state index in [1.807, 2.05) is 6.92 Å².